The van der Waals surface area contributed by atoms with E-state index in [4.69, 9.17) is 0 Å². The summed E-state index contributed by atoms with van der Waals surface area (Å²) < 4.78 is 0. The van der Waals surface area contributed by atoms with Crippen LogP contribution in [0.5, 0.6) is 0 Å². The number of piperazine rings is 1. The summed E-state index contributed by atoms with van der Waals surface area (Å²) in [6, 6.07) is 9.50. The SMILES string of the molecule is Cc1ccc(CN2CCNC(C)C2)cc1.Cl. The molecule has 0 spiro atoms. The minimum Gasteiger partial charge on any atom is -0.312 e. The molecule has 16 heavy (non-hydrogen) atoms. The Hall–Kier alpha value is -0.570. The van der Waals surface area contributed by atoms with Gasteiger partial charge in [-0.15, -0.1) is 12.4 Å². The van der Waals surface area contributed by atoms with Crippen molar-refractivity contribution in [2.24, 2.45) is 0 Å². The van der Waals surface area contributed by atoms with E-state index in [1.54, 1.807) is 0 Å². The predicted octanol–water partition coefficient (Wildman–Crippen LogP) is 2.21. The first-order valence-electron chi connectivity index (χ1n) is 5.75. The van der Waals surface area contributed by atoms with Crippen LogP contribution in [-0.4, -0.2) is 30.6 Å². The molecule has 1 aliphatic rings. The number of hydrogen-bond acceptors (Lipinski definition) is 2. The Morgan fingerprint density at radius 2 is 2.00 bits per heavy atom. The predicted molar refractivity (Wildman–Crippen MR) is 71.2 cm³/mol. The normalized spacial score (nSPS) is 21.5. The van der Waals surface area contributed by atoms with E-state index in [0.717, 1.165) is 26.2 Å². The lowest BCUT2D eigenvalue weighted by Crippen LogP contribution is -2.48. The molecule has 0 aliphatic carbocycles. The van der Waals surface area contributed by atoms with Crippen molar-refractivity contribution >= 4 is 12.4 Å². The highest BCUT2D eigenvalue weighted by Crippen LogP contribution is 2.08. The molecule has 2 rings (SSSR count). The molecule has 1 heterocycles. The first-order valence-corrected chi connectivity index (χ1v) is 5.75. The molecule has 1 N–H and O–H groups in total. The van der Waals surface area contributed by atoms with Crippen molar-refractivity contribution in [3.05, 3.63) is 35.4 Å². The van der Waals surface area contributed by atoms with Crippen molar-refractivity contribution in [3.8, 4) is 0 Å². The molecule has 90 valence electrons. The Morgan fingerprint density at radius 1 is 1.31 bits per heavy atom. The summed E-state index contributed by atoms with van der Waals surface area (Å²) in [5.41, 5.74) is 2.77. The fourth-order valence-corrected chi connectivity index (χ4v) is 2.11. The van der Waals surface area contributed by atoms with E-state index >= 15 is 0 Å². The van der Waals surface area contributed by atoms with Crippen molar-refractivity contribution in [2.45, 2.75) is 26.4 Å². The fraction of sp³-hybridized carbons (Fsp3) is 0.538. The Balaban J connectivity index is 0.00000128. The third-order valence-electron chi connectivity index (χ3n) is 2.98. The zero-order chi connectivity index (χ0) is 10.7. The summed E-state index contributed by atoms with van der Waals surface area (Å²) in [6.07, 6.45) is 0. The Morgan fingerprint density at radius 3 is 2.62 bits per heavy atom. The van der Waals surface area contributed by atoms with Crippen LogP contribution in [0.1, 0.15) is 18.1 Å². The molecule has 1 fully saturated rings. The van der Waals surface area contributed by atoms with Crippen LogP contribution < -0.4 is 5.32 Å². The van der Waals surface area contributed by atoms with Gasteiger partial charge in [0.15, 0.2) is 0 Å². The summed E-state index contributed by atoms with van der Waals surface area (Å²) in [4.78, 5) is 2.52. The van der Waals surface area contributed by atoms with Gasteiger partial charge in [-0.05, 0) is 19.4 Å². The number of hydrogen-bond donors (Lipinski definition) is 1. The van der Waals surface area contributed by atoms with Crippen LogP contribution in [0, 0.1) is 6.92 Å². The smallest absolute Gasteiger partial charge is 0.0234 e. The van der Waals surface area contributed by atoms with E-state index in [2.05, 4.69) is 48.3 Å². The molecule has 1 aliphatic heterocycles. The number of aryl methyl sites for hydroxylation is 1. The van der Waals surface area contributed by atoms with Crippen LogP contribution in [0.4, 0.5) is 0 Å². The third kappa shape index (κ3) is 3.78. The van der Waals surface area contributed by atoms with E-state index in [-0.39, 0.29) is 12.4 Å². The van der Waals surface area contributed by atoms with Crippen molar-refractivity contribution in [1.29, 1.82) is 0 Å². The second-order valence-corrected chi connectivity index (χ2v) is 4.58. The first-order chi connectivity index (χ1) is 7.24. The van der Waals surface area contributed by atoms with Crippen molar-refractivity contribution in [2.75, 3.05) is 19.6 Å². The average Bonchev–Trinajstić information content (AvgIpc) is 2.22. The molecule has 0 radical (unpaired) electrons. The van der Waals surface area contributed by atoms with E-state index in [9.17, 15) is 0 Å². The second kappa shape index (κ2) is 6.24. The van der Waals surface area contributed by atoms with Crippen LogP contribution >= 0.6 is 12.4 Å². The van der Waals surface area contributed by atoms with Gasteiger partial charge in [-0.3, -0.25) is 4.90 Å². The largest absolute Gasteiger partial charge is 0.312 e. The van der Waals surface area contributed by atoms with E-state index < -0.39 is 0 Å². The average molecular weight is 241 g/mol. The topological polar surface area (TPSA) is 15.3 Å². The highest BCUT2D eigenvalue weighted by molar-refractivity contribution is 5.85. The third-order valence-corrected chi connectivity index (χ3v) is 2.98. The minimum absolute atomic E-state index is 0. The maximum absolute atomic E-state index is 3.47. The highest BCUT2D eigenvalue weighted by atomic mass is 35.5. The lowest BCUT2D eigenvalue weighted by atomic mass is 10.1. The van der Waals surface area contributed by atoms with Gasteiger partial charge in [-0.1, -0.05) is 29.8 Å². The van der Waals surface area contributed by atoms with Crippen LogP contribution in [0.2, 0.25) is 0 Å². The molecule has 1 saturated heterocycles. The van der Waals surface area contributed by atoms with Crippen LogP contribution in [0.3, 0.4) is 0 Å². The summed E-state index contributed by atoms with van der Waals surface area (Å²) in [5, 5.41) is 3.47. The summed E-state index contributed by atoms with van der Waals surface area (Å²) in [5.74, 6) is 0. The number of halogens is 1. The summed E-state index contributed by atoms with van der Waals surface area (Å²) in [7, 11) is 0. The Kier molecular flexibility index (Phi) is 5.26. The van der Waals surface area contributed by atoms with Gasteiger partial charge in [0.1, 0.15) is 0 Å². The molecule has 3 heteroatoms. The van der Waals surface area contributed by atoms with E-state index in [1.165, 1.54) is 11.1 Å². The highest BCUT2D eigenvalue weighted by Gasteiger charge is 2.14. The van der Waals surface area contributed by atoms with Crippen LogP contribution in [-0.2, 0) is 6.54 Å². The molecule has 0 bridgehead atoms. The van der Waals surface area contributed by atoms with Crippen molar-refractivity contribution in [1.82, 2.24) is 10.2 Å². The molecule has 0 saturated carbocycles. The summed E-state index contributed by atoms with van der Waals surface area (Å²) >= 11 is 0. The van der Waals surface area contributed by atoms with Gasteiger partial charge in [0.25, 0.3) is 0 Å². The van der Waals surface area contributed by atoms with Gasteiger partial charge in [-0.2, -0.15) is 0 Å². The van der Waals surface area contributed by atoms with Gasteiger partial charge in [-0.25, -0.2) is 0 Å². The lowest BCUT2D eigenvalue weighted by molar-refractivity contribution is 0.199. The van der Waals surface area contributed by atoms with Crippen LogP contribution in [0.25, 0.3) is 0 Å². The number of nitrogens with one attached hydrogen (secondary N) is 1. The second-order valence-electron chi connectivity index (χ2n) is 4.58. The molecule has 1 aromatic carbocycles. The van der Waals surface area contributed by atoms with E-state index in [0.29, 0.717) is 6.04 Å². The fourth-order valence-electron chi connectivity index (χ4n) is 2.11. The molecule has 0 aromatic heterocycles. The quantitative estimate of drug-likeness (QED) is 0.853. The lowest BCUT2D eigenvalue weighted by Gasteiger charge is -2.31. The minimum atomic E-state index is 0. The molecular weight excluding hydrogens is 220 g/mol. The maximum atomic E-state index is 3.47. The molecule has 1 atom stereocenters. The number of rotatable bonds is 2. The summed E-state index contributed by atoms with van der Waals surface area (Å²) in [6.45, 7) is 8.92. The van der Waals surface area contributed by atoms with Gasteiger partial charge >= 0.3 is 0 Å². The Bertz CT molecular complexity index is 310. The first kappa shape index (κ1) is 13.5. The zero-order valence-electron chi connectivity index (χ0n) is 10.1. The molecule has 0 amide bonds. The molecular formula is C13H21ClN2. The van der Waals surface area contributed by atoms with Gasteiger partial charge < -0.3 is 5.32 Å². The van der Waals surface area contributed by atoms with Gasteiger partial charge in [0, 0.05) is 32.2 Å². The van der Waals surface area contributed by atoms with Gasteiger partial charge in [0.05, 0.1) is 0 Å². The maximum Gasteiger partial charge on any atom is 0.0234 e. The monoisotopic (exact) mass is 240 g/mol. The number of benzene rings is 1. The molecule has 1 unspecified atom stereocenters. The van der Waals surface area contributed by atoms with Gasteiger partial charge in [0.2, 0.25) is 0 Å². The van der Waals surface area contributed by atoms with E-state index in [1.807, 2.05) is 0 Å². The van der Waals surface area contributed by atoms with Crippen LogP contribution in [0.15, 0.2) is 24.3 Å². The zero-order valence-corrected chi connectivity index (χ0v) is 10.9. The number of nitrogens with zero attached hydrogens (tertiary/aromatic N) is 1. The standard InChI is InChI=1S/C13H20N2.ClH/c1-11-3-5-13(6-4-11)10-15-8-7-14-12(2)9-15;/h3-6,12,14H,7-10H2,1-2H3;1H. The van der Waals surface area contributed by atoms with Crippen molar-refractivity contribution in [3.63, 3.8) is 0 Å². The molecule has 2 nitrogen and oxygen atoms in total. The molecule has 1 aromatic rings. The Labute approximate surface area is 104 Å². The van der Waals surface area contributed by atoms with Crippen molar-refractivity contribution < 1.29 is 0 Å².